The first-order valence-electron chi connectivity index (χ1n) is 12.3. The van der Waals surface area contributed by atoms with Crippen LogP contribution in [0.2, 0.25) is 0 Å². The van der Waals surface area contributed by atoms with Gasteiger partial charge in [0, 0.05) is 12.0 Å². The number of alkyl halides is 3. The Labute approximate surface area is 236 Å². The lowest BCUT2D eigenvalue weighted by Gasteiger charge is -2.36. The van der Waals surface area contributed by atoms with E-state index in [4.69, 9.17) is 9.84 Å². The molecule has 3 N–H and O–H groups in total. The first-order valence-corrected chi connectivity index (χ1v) is 13.7. The number of carboxylic acid groups (broad SMARTS) is 1. The highest BCUT2D eigenvalue weighted by atomic mass is 32.2. The summed E-state index contributed by atoms with van der Waals surface area (Å²) in [7, 11) is -4.69. The van der Waals surface area contributed by atoms with Crippen LogP contribution in [0.5, 0.6) is 5.75 Å². The molecule has 0 fully saturated rings. The van der Waals surface area contributed by atoms with Gasteiger partial charge in [0.2, 0.25) is 5.91 Å². The largest absolute Gasteiger partial charge is 0.486 e. The zero-order valence-corrected chi connectivity index (χ0v) is 22.3. The summed E-state index contributed by atoms with van der Waals surface area (Å²) in [6, 6.07) is 9.60. The van der Waals surface area contributed by atoms with Crippen LogP contribution in [0.3, 0.4) is 0 Å². The molecule has 0 saturated heterocycles. The van der Waals surface area contributed by atoms with Crippen LogP contribution in [0.25, 0.3) is 11.1 Å². The third-order valence-corrected chi connectivity index (χ3v) is 8.13. The van der Waals surface area contributed by atoms with E-state index in [1.54, 1.807) is 0 Å². The molecule has 1 aliphatic rings. The van der Waals surface area contributed by atoms with E-state index < -0.39 is 75.5 Å². The van der Waals surface area contributed by atoms with Crippen molar-refractivity contribution in [1.82, 2.24) is 5.32 Å². The lowest BCUT2D eigenvalue weighted by molar-refractivity contribution is -0.146. The minimum Gasteiger partial charge on any atom is -0.486 e. The first kappa shape index (κ1) is 30.7. The molecular formula is C27H23F5N2O7S. The molecule has 2 unspecified atom stereocenters. The fourth-order valence-corrected chi connectivity index (χ4v) is 5.76. The summed E-state index contributed by atoms with van der Waals surface area (Å²) in [6.07, 6.45) is -8.05. The quantitative estimate of drug-likeness (QED) is 0.311. The number of anilines is 1. The van der Waals surface area contributed by atoms with Crippen molar-refractivity contribution in [3.05, 3.63) is 77.9 Å². The van der Waals surface area contributed by atoms with Crippen LogP contribution in [0.15, 0.2) is 65.6 Å². The number of rotatable bonds is 9. The maximum Gasteiger partial charge on any atom is 0.416 e. The summed E-state index contributed by atoms with van der Waals surface area (Å²) >= 11 is 0. The summed E-state index contributed by atoms with van der Waals surface area (Å²) in [5.74, 6) is -3.84. The van der Waals surface area contributed by atoms with Crippen LogP contribution in [0.1, 0.15) is 18.4 Å². The van der Waals surface area contributed by atoms with Crippen LogP contribution in [0, 0.1) is 11.6 Å². The third kappa shape index (κ3) is 6.79. The van der Waals surface area contributed by atoms with E-state index in [0.29, 0.717) is 12.1 Å². The van der Waals surface area contributed by atoms with Gasteiger partial charge in [-0.05, 0) is 60.5 Å². The topological polar surface area (TPSA) is 133 Å². The monoisotopic (exact) mass is 614 g/mol. The van der Waals surface area contributed by atoms with Crippen molar-refractivity contribution in [3.8, 4) is 16.9 Å². The summed E-state index contributed by atoms with van der Waals surface area (Å²) in [5.41, 5.74) is -1.49. The lowest BCUT2D eigenvalue weighted by Crippen LogP contribution is -2.44. The number of carbonyl (C=O) groups excluding carboxylic acids is 1. The molecule has 4 rings (SSSR count). The number of hydrogen-bond acceptors (Lipinski definition) is 6. The molecule has 224 valence electrons. The third-order valence-electron chi connectivity index (χ3n) is 6.35. The molecule has 0 saturated carbocycles. The average molecular weight is 615 g/mol. The lowest BCUT2D eigenvalue weighted by atomic mass is 10.0. The van der Waals surface area contributed by atoms with E-state index >= 15 is 0 Å². The molecule has 42 heavy (non-hydrogen) atoms. The van der Waals surface area contributed by atoms with Crippen LogP contribution in [-0.2, 0) is 25.8 Å². The van der Waals surface area contributed by atoms with E-state index in [1.807, 2.05) is 0 Å². The first-order chi connectivity index (χ1) is 19.7. The van der Waals surface area contributed by atoms with Crippen molar-refractivity contribution in [2.75, 3.05) is 17.4 Å². The molecule has 0 aromatic heterocycles. The molecule has 0 spiro atoms. The molecule has 3 aromatic carbocycles. The van der Waals surface area contributed by atoms with Crippen molar-refractivity contribution in [3.63, 3.8) is 0 Å². The maximum atomic E-state index is 14.5. The Hall–Kier alpha value is -4.24. The van der Waals surface area contributed by atoms with Gasteiger partial charge in [0.1, 0.15) is 23.5 Å². The Morgan fingerprint density at radius 1 is 1.07 bits per heavy atom. The van der Waals surface area contributed by atoms with E-state index in [1.165, 1.54) is 18.2 Å². The second-order valence-corrected chi connectivity index (χ2v) is 11.2. The molecule has 2 atom stereocenters. The minimum atomic E-state index is -4.83. The molecule has 0 bridgehead atoms. The van der Waals surface area contributed by atoms with Crippen LogP contribution in [0.4, 0.5) is 27.6 Å². The van der Waals surface area contributed by atoms with Crippen molar-refractivity contribution in [2.24, 2.45) is 0 Å². The van der Waals surface area contributed by atoms with Crippen molar-refractivity contribution in [2.45, 2.75) is 36.1 Å². The molecule has 1 heterocycles. The van der Waals surface area contributed by atoms with Crippen molar-refractivity contribution < 1.29 is 54.9 Å². The number of hydrogen-bond donors (Lipinski definition) is 3. The van der Waals surface area contributed by atoms with Crippen LogP contribution >= 0.6 is 0 Å². The minimum absolute atomic E-state index is 0.0518. The highest BCUT2D eigenvalue weighted by Gasteiger charge is 2.37. The highest BCUT2D eigenvalue weighted by Crippen LogP contribution is 2.41. The normalized spacial score (nSPS) is 15.9. The predicted octanol–water partition coefficient (Wildman–Crippen LogP) is 3.95. The molecule has 1 aliphatic heterocycles. The van der Waals surface area contributed by atoms with Crippen LogP contribution < -0.4 is 14.4 Å². The highest BCUT2D eigenvalue weighted by molar-refractivity contribution is 7.92. The number of aliphatic hydroxyl groups excluding tert-OH is 1. The fraction of sp³-hybridized carbons (Fsp3) is 0.259. The van der Waals surface area contributed by atoms with Gasteiger partial charge in [0.05, 0.1) is 29.2 Å². The van der Waals surface area contributed by atoms with E-state index in [-0.39, 0.29) is 35.4 Å². The van der Waals surface area contributed by atoms with Gasteiger partial charge in [-0.3, -0.25) is 9.10 Å². The number of nitrogens with one attached hydrogen (secondary N) is 1. The molecule has 0 radical (unpaired) electrons. The molecule has 9 nitrogen and oxygen atoms in total. The number of sulfonamides is 1. The van der Waals surface area contributed by atoms with Crippen molar-refractivity contribution >= 4 is 27.6 Å². The maximum absolute atomic E-state index is 14.5. The van der Waals surface area contributed by atoms with Gasteiger partial charge in [-0.25, -0.2) is 22.0 Å². The zero-order chi connectivity index (χ0) is 30.8. The van der Waals surface area contributed by atoms with E-state index in [0.717, 1.165) is 34.6 Å². The number of carboxylic acids is 1. The Morgan fingerprint density at radius 3 is 2.50 bits per heavy atom. The number of aliphatic hydroxyl groups is 1. The average Bonchev–Trinajstić information content (AvgIpc) is 2.94. The van der Waals surface area contributed by atoms with Gasteiger partial charge < -0.3 is 20.3 Å². The van der Waals surface area contributed by atoms with E-state index in [9.17, 15) is 45.1 Å². The molecular weight excluding hydrogens is 591 g/mol. The zero-order valence-electron chi connectivity index (χ0n) is 21.4. The van der Waals surface area contributed by atoms with Gasteiger partial charge >= 0.3 is 12.1 Å². The Kier molecular flexibility index (Phi) is 8.73. The smallest absolute Gasteiger partial charge is 0.416 e. The molecule has 0 aliphatic carbocycles. The Balaban J connectivity index is 1.69. The number of ether oxygens (including phenoxy) is 1. The molecule has 15 heteroatoms. The summed E-state index contributed by atoms with van der Waals surface area (Å²) in [4.78, 5) is 22.2. The summed E-state index contributed by atoms with van der Waals surface area (Å²) in [6.45, 7) is -1.04. The van der Waals surface area contributed by atoms with Crippen molar-refractivity contribution in [1.29, 1.82) is 0 Å². The second-order valence-electron chi connectivity index (χ2n) is 9.31. The number of carbonyl (C=O) groups is 2. The summed E-state index contributed by atoms with van der Waals surface area (Å²) in [5, 5.41) is 20.2. The van der Waals surface area contributed by atoms with Gasteiger partial charge in [0.15, 0.2) is 6.10 Å². The molecule has 1 amide bonds. The number of benzene rings is 3. The number of aliphatic carboxylic acids is 1. The van der Waals surface area contributed by atoms with Gasteiger partial charge in [-0.1, -0.05) is 12.1 Å². The Bertz CT molecular complexity index is 1610. The van der Waals surface area contributed by atoms with Gasteiger partial charge in [-0.15, -0.1) is 0 Å². The van der Waals surface area contributed by atoms with Crippen LogP contribution in [-0.4, -0.2) is 55.8 Å². The van der Waals surface area contributed by atoms with Gasteiger partial charge in [-0.2, -0.15) is 13.2 Å². The van der Waals surface area contributed by atoms with E-state index in [2.05, 4.69) is 5.32 Å². The number of amides is 1. The number of nitrogens with zero attached hydrogens (tertiary/aromatic N) is 1. The number of fused-ring (bicyclic) bond motifs is 1. The standard InChI is InChI=1S/C27H23F5N2O7S/c28-17-5-7-21(29)20(12-17)15-4-8-24-22(10-15)34(42(39,40)19-3-1-2-16(11-19)27(30,31)32)14-18(41-24)6-9-25(36)33-13-23(35)26(37)38/h1-5,7-8,10-12,18,23,35H,6,9,13-14H2,(H,33,36)(H,37,38). The number of halogens is 5. The SMILES string of the molecule is O=C(CCC1CN(S(=O)(=O)c2cccc(C(F)(F)F)c2)c2cc(-c3cc(F)ccc3F)ccc2O1)NCC(O)C(=O)O. The Morgan fingerprint density at radius 2 is 1.81 bits per heavy atom. The van der Waals surface area contributed by atoms with Gasteiger partial charge in [0.25, 0.3) is 10.0 Å². The summed E-state index contributed by atoms with van der Waals surface area (Å²) < 4.78 is 103. The second kappa shape index (κ2) is 11.9. The molecule has 3 aromatic rings. The fourth-order valence-electron chi connectivity index (χ4n) is 4.21. The predicted molar refractivity (Wildman–Crippen MR) is 138 cm³/mol.